The van der Waals surface area contributed by atoms with Gasteiger partial charge in [-0.15, -0.1) is 0 Å². The Morgan fingerprint density at radius 2 is 0.905 bits per heavy atom. The van der Waals surface area contributed by atoms with Gasteiger partial charge in [-0.2, -0.15) is 0 Å². The Morgan fingerprint density at radius 1 is 0.365 bits per heavy atom. The first-order chi connectivity index (χ1) is 31.3. The monoisotopic (exact) mass is 864 g/mol. The zero-order valence-corrected chi connectivity index (χ0v) is 36.3. The minimum absolute atomic E-state index is 0.738. The van der Waals surface area contributed by atoms with Crippen LogP contribution in [0.5, 0.6) is 0 Å². The van der Waals surface area contributed by atoms with Gasteiger partial charge in [0.25, 0.3) is 0 Å². The van der Waals surface area contributed by atoms with Gasteiger partial charge in [-0.1, -0.05) is 0 Å². The second-order valence-corrected chi connectivity index (χ2v) is 24.2. The van der Waals surface area contributed by atoms with Crippen LogP contribution in [0.15, 0.2) is 231 Å². The second-order valence-electron chi connectivity index (χ2n) is 16.5. The van der Waals surface area contributed by atoms with E-state index in [2.05, 4.69) is 240 Å². The molecule has 4 nitrogen and oxygen atoms in total. The van der Waals surface area contributed by atoms with Gasteiger partial charge in [0.2, 0.25) is 0 Å². The molecule has 1 aliphatic heterocycles. The Bertz CT molecular complexity index is 3670. The van der Waals surface area contributed by atoms with Crippen LogP contribution in [0.1, 0.15) is 0 Å². The van der Waals surface area contributed by atoms with Gasteiger partial charge in [-0.25, -0.2) is 0 Å². The average molecular weight is 864 g/mol. The van der Waals surface area contributed by atoms with E-state index in [9.17, 15) is 0 Å². The Balaban J connectivity index is 1.19. The molecule has 12 aromatic rings. The van der Waals surface area contributed by atoms with Crippen molar-refractivity contribution in [3.05, 3.63) is 231 Å². The fourth-order valence-electron chi connectivity index (χ4n) is 10.6. The van der Waals surface area contributed by atoms with Crippen molar-refractivity contribution < 1.29 is 0 Å². The molecule has 0 unspecified atom stereocenters. The molecule has 0 fully saturated rings. The number of para-hydroxylation sites is 3. The van der Waals surface area contributed by atoms with Gasteiger partial charge >= 0.3 is 369 Å². The zero-order chi connectivity index (χ0) is 41.5. The van der Waals surface area contributed by atoms with E-state index in [0.717, 1.165) is 39.7 Å². The third kappa shape index (κ3) is 5.22. The molecule has 4 heterocycles. The van der Waals surface area contributed by atoms with Crippen molar-refractivity contribution in [1.82, 2.24) is 19.1 Å². The molecule has 0 spiro atoms. The van der Waals surface area contributed by atoms with Crippen LogP contribution in [0.3, 0.4) is 0 Å². The van der Waals surface area contributed by atoms with Gasteiger partial charge in [0.15, 0.2) is 0 Å². The number of aromatic nitrogens is 4. The van der Waals surface area contributed by atoms with Crippen LogP contribution in [0.25, 0.3) is 88.9 Å². The molecule has 0 atom stereocenters. The number of hydrogen-bond acceptors (Lipinski definition) is 2. The van der Waals surface area contributed by atoms with E-state index in [1.165, 1.54) is 66.8 Å². The molecule has 0 radical (unpaired) electrons. The fourth-order valence-corrected chi connectivity index (χ4v) is 21.7. The SMILES string of the molecule is c1ccc(-c2nc(-c3ccccc3)[c]3c(n2)-c2ccc(-n4c5ccccc5c5ccc6c(c7ccccc7n6-c6ccccc6)c54)c[c]2[Ge]3([c]2ccccc2)[c]2ccccc2)cc1. The molecule has 0 aliphatic carbocycles. The van der Waals surface area contributed by atoms with E-state index in [-0.39, 0.29) is 0 Å². The van der Waals surface area contributed by atoms with Crippen molar-refractivity contribution in [3.63, 3.8) is 0 Å². The summed E-state index contributed by atoms with van der Waals surface area (Å²) in [5.41, 5.74) is 12.4. The summed E-state index contributed by atoms with van der Waals surface area (Å²) in [5.74, 6) is 0.738. The number of nitrogens with zero attached hydrogens (tertiary/aromatic N) is 4. The first kappa shape index (κ1) is 35.9. The molecule has 0 saturated heterocycles. The van der Waals surface area contributed by atoms with Crippen LogP contribution < -0.4 is 17.6 Å². The van der Waals surface area contributed by atoms with Gasteiger partial charge < -0.3 is 0 Å². The molecule has 1 aliphatic rings. The van der Waals surface area contributed by atoms with Crippen molar-refractivity contribution in [2.75, 3.05) is 0 Å². The maximum absolute atomic E-state index is 5.62. The average Bonchev–Trinajstić information content (AvgIpc) is 3.99. The van der Waals surface area contributed by atoms with Crippen LogP contribution in [0, 0.1) is 0 Å². The third-order valence-electron chi connectivity index (χ3n) is 13.2. The van der Waals surface area contributed by atoms with Gasteiger partial charge in [-0.05, 0) is 0 Å². The van der Waals surface area contributed by atoms with E-state index < -0.39 is 13.3 Å². The molecule has 9 aromatic carbocycles. The number of hydrogen-bond donors (Lipinski definition) is 0. The van der Waals surface area contributed by atoms with E-state index in [4.69, 9.17) is 9.97 Å². The van der Waals surface area contributed by atoms with Gasteiger partial charge in [0.1, 0.15) is 0 Å². The predicted molar refractivity (Wildman–Crippen MR) is 264 cm³/mol. The van der Waals surface area contributed by atoms with Crippen LogP contribution >= 0.6 is 0 Å². The molecule has 13 rings (SSSR count). The molecule has 0 bridgehead atoms. The summed E-state index contributed by atoms with van der Waals surface area (Å²) in [6, 6.07) is 84.2. The van der Waals surface area contributed by atoms with Crippen LogP contribution in [0.2, 0.25) is 0 Å². The quantitative estimate of drug-likeness (QED) is 0.156. The molecule has 0 amide bonds. The number of benzene rings is 9. The first-order valence-electron chi connectivity index (χ1n) is 21.6. The van der Waals surface area contributed by atoms with Crippen molar-refractivity contribution in [3.8, 4) is 45.3 Å². The summed E-state index contributed by atoms with van der Waals surface area (Å²) in [4.78, 5) is 11.2. The maximum atomic E-state index is 5.62. The van der Waals surface area contributed by atoms with Crippen LogP contribution in [-0.2, 0) is 0 Å². The predicted octanol–water partition coefficient (Wildman–Crippen LogP) is 11.4. The Hall–Kier alpha value is -7.80. The number of rotatable bonds is 6. The molecule has 5 heteroatoms. The van der Waals surface area contributed by atoms with E-state index in [0.29, 0.717) is 0 Å². The summed E-state index contributed by atoms with van der Waals surface area (Å²) in [7, 11) is 0. The Labute approximate surface area is 367 Å². The summed E-state index contributed by atoms with van der Waals surface area (Å²) in [6.07, 6.45) is 0. The van der Waals surface area contributed by atoms with E-state index in [1.807, 2.05) is 0 Å². The fraction of sp³-hybridized carbons (Fsp3) is 0. The van der Waals surface area contributed by atoms with Crippen molar-refractivity contribution in [2.45, 2.75) is 0 Å². The molecule has 0 saturated carbocycles. The third-order valence-corrected chi connectivity index (χ3v) is 23.3. The summed E-state index contributed by atoms with van der Waals surface area (Å²) >= 11 is -3.97. The van der Waals surface area contributed by atoms with E-state index >= 15 is 0 Å². The molecular formula is C58H38GeN4. The van der Waals surface area contributed by atoms with Crippen molar-refractivity contribution in [1.29, 1.82) is 0 Å². The first-order valence-corrected chi connectivity index (χ1v) is 25.8. The molecule has 294 valence electrons. The van der Waals surface area contributed by atoms with Gasteiger partial charge in [0.05, 0.1) is 0 Å². The van der Waals surface area contributed by atoms with Crippen LogP contribution in [-0.4, -0.2) is 32.4 Å². The van der Waals surface area contributed by atoms with Gasteiger partial charge in [-0.3, -0.25) is 0 Å². The molecule has 3 aromatic heterocycles. The molecule has 63 heavy (non-hydrogen) atoms. The second kappa shape index (κ2) is 14.1. The molecule has 0 N–H and O–H groups in total. The molecular weight excluding hydrogens is 825 g/mol. The van der Waals surface area contributed by atoms with Crippen molar-refractivity contribution in [2.24, 2.45) is 0 Å². The topological polar surface area (TPSA) is 35.6 Å². The summed E-state index contributed by atoms with van der Waals surface area (Å²) in [6.45, 7) is 0. The summed E-state index contributed by atoms with van der Waals surface area (Å²) < 4.78 is 10.3. The normalized spacial score (nSPS) is 12.9. The summed E-state index contributed by atoms with van der Waals surface area (Å²) in [5, 5.41) is 4.95. The van der Waals surface area contributed by atoms with E-state index in [1.54, 1.807) is 0 Å². The minimum atomic E-state index is -3.97. The standard InChI is InChI=1S/C58H38GeN4/c1-6-20-39(21-7-1)55-54-56(61-58(60-55)40-22-8-2-9-23-40)47-35-34-44(38-49(47)59(54,41-24-10-3-11-25-41)42-26-12-4-13-27-42)63-50-32-18-16-30-45(50)46-36-37-52-53(57(46)63)48-31-17-19-33-51(48)62(52)43-28-14-5-15-29-43/h1-38H. The Kier molecular flexibility index (Phi) is 8.05. The van der Waals surface area contributed by atoms with Crippen molar-refractivity contribution >= 4 is 74.5 Å². The number of fused-ring (bicyclic) bond motifs is 10. The van der Waals surface area contributed by atoms with Crippen LogP contribution in [0.4, 0.5) is 0 Å². The zero-order valence-electron chi connectivity index (χ0n) is 34.2. The Morgan fingerprint density at radius 3 is 1.57 bits per heavy atom. The van der Waals surface area contributed by atoms with Gasteiger partial charge in [0, 0.05) is 0 Å².